The lowest BCUT2D eigenvalue weighted by Crippen LogP contribution is -2.43. The summed E-state index contributed by atoms with van der Waals surface area (Å²) in [7, 11) is -4.73. The van der Waals surface area contributed by atoms with Gasteiger partial charge in [0.15, 0.2) is 6.04 Å². The molecule has 4 N–H and O–H groups in total. The molecule has 0 aromatic heterocycles. The molecular weight excluding hydrogens is 565 g/mol. The highest BCUT2D eigenvalue weighted by atomic mass is 31.2. The number of carbonyl (C=O) groups excluding carboxylic acids is 2. The number of esters is 1. The Balaban J connectivity index is 4.06. The van der Waals surface area contributed by atoms with Crippen LogP contribution in [0, 0.1) is 0 Å². The van der Waals surface area contributed by atoms with Crippen LogP contribution < -0.4 is 5.32 Å². The predicted molar refractivity (Wildman–Crippen MR) is 162 cm³/mol. The molecule has 0 fully saturated rings. The second kappa shape index (κ2) is 27.1. The zero-order valence-electron chi connectivity index (χ0n) is 26.1. The topological polar surface area (TPSA) is 169 Å². The summed E-state index contributed by atoms with van der Waals surface area (Å²) < 4.78 is 26.5. The average molecular weight is 624 g/mol. The smallest absolute Gasteiger partial charge is 0.472 e. The Morgan fingerprint density at radius 1 is 0.667 bits per heavy atom. The van der Waals surface area contributed by atoms with E-state index in [-0.39, 0.29) is 12.8 Å². The minimum absolute atomic E-state index is 0.151. The van der Waals surface area contributed by atoms with Crippen molar-refractivity contribution in [2.75, 3.05) is 19.8 Å². The van der Waals surface area contributed by atoms with Crippen LogP contribution >= 0.6 is 7.82 Å². The van der Waals surface area contributed by atoms with E-state index in [9.17, 15) is 34.1 Å². The molecule has 11 nitrogen and oxygen atoms in total. The van der Waals surface area contributed by atoms with Crippen molar-refractivity contribution in [3.8, 4) is 0 Å². The van der Waals surface area contributed by atoms with Crippen LogP contribution in [-0.4, -0.2) is 64.9 Å². The molecule has 0 aromatic rings. The Labute approximate surface area is 253 Å². The van der Waals surface area contributed by atoms with Crippen LogP contribution in [0.5, 0.6) is 0 Å². The first kappa shape index (κ1) is 40.5. The van der Waals surface area contributed by atoms with E-state index in [1.165, 1.54) is 64.2 Å². The van der Waals surface area contributed by atoms with Gasteiger partial charge < -0.3 is 25.2 Å². The Bertz CT molecular complexity index is 752. The summed E-state index contributed by atoms with van der Waals surface area (Å²) in [5.41, 5.74) is 0. The Hall–Kier alpha value is -1.52. The van der Waals surface area contributed by atoms with Gasteiger partial charge in [0.2, 0.25) is 5.91 Å². The van der Waals surface area contributed by atoms with Crippen molar-refractivity contribution in [2.45, 2.75) is 154 Å². The number of carboxylic acid groups (broad SMARTS) is 1. The number of nitrogens with one attached hydrogen (secondary N) is 1. The highest BCUT2D eigenvalue weighted by Crippen LogP contribution is 2.43. The first-order chi connectivity index (χ1) is 20.1. The Kier molecular flexibility index (Phi) is 26.1. The zero-order chi connectivity index (χ0) is 31.5. The third-order valence-electron chi connectivity index (χ3n) is 6.90. The molecule has 1 amide bonds. The number of carboxylic acids is 1. The molecule has 0 saturated carbocycles. The average Bonchev–Trinajstić information content (AvgIpc) is 2.95. The van der Waals surface area contributed by atoms with Gasteiger partial charge in [-0.2, -0.15) is 0 Å². The van der Waals surface area contributed by atoms with Crippen LogP contribution in [0.3, 0.4) is 0 Å². The van der Waals surface area contributed by atoms with Gasteiger partial charge in [0.05, 0.1) is 13.2 Å². The summed E-state index contributed by atoms with van der Waals surface area (Å²) >= 11 is 0. The van der Waals surface area contributed by atoms with Crippen LogP contribution in [0.15, 0.2) is 0 Å². The van der Waals surface area contributed by atoms with Crippen molar-refractivity contribution >= 4 is 25.7 Å². The minimum atomic E-state index is -4.73. The van der Waals surface area contributed by atoms with Gasteiger partial charge in [-0.15, -0.1) is 0 Å². The van der Waals surface area contributed by atoms with E-state index in [1.54, 1.807) is 0 Å². The van der Waals surface area contributed by atoms with Crippen molar-refractivity contribution in [3.05, 3.63) is 0 Å². The van der Waals surface area contributed by atoms with Crippen LogP contribution in [0.25, 0.3) is 0 Å². The number of hydrogen-bond donors (Lipinski definition) is 4. The van der Waals surface area contributed by atoms with Crippen molar-refractivity contribution in [2.24, 2.45) is 0 Å². The molecule has 12 heteroatoms. The number of aliphatic hydroxyl groups excluding tert-OH is 1. The largest absolute Gasteiger partial charge is 0.480 e. The second-order valence-electron chi connectivity index (χ2n) is 11.0. The van der Waals surface area contributed by atoms with E-state index in [1.807, 2.05) is 0 Å². The monoisotopic (exact) mass is 623 g/mol. The molecule has 3 atom stereocenters. The van der Waals surface area contributed by atoms with Gasteiger partial charge in [0, 0.05) is 12.8 Å². The van der Waals surface area contributed by atoms with Crippen LogP contribution in [-0.2, 0) is 32.7 Å². The standard InChI is InChI=1S/C30H58NO10P/c1-3-5-7-9-11-12-13-14-16-17-19-21-28(33)31-27(30(35)36)25-41-42(37,38)40-24-26(32)23-39-29(34)22-20-18-15-10-8-6-4-2/h26-27,32H,3-25H2,1-2H3,(H,31,33)(H,35,36)(H,37,38). The summed E-state index contributed by atoms with van der Waals surface area (Å²) in [4.78, 5) is 45.3. The maximum Gasteiger partial charge on any atom is 0.472 e. The summed E-state index contributed by atoms with van der Waals surface area (Å²) in [6, 6.07) is -1.54. The van der Waals surface area contributed by atoms with E-state index in [4.69, 9.17) is 9.26 Å². The van der Waals surface area contributed by atoms with Gasteiger partial charge in [-0.05, 0) is 12.8 Å². The zero-order valence-corrected chi connectivity index (χ0v) is 27.0. The van der Waals surface area contributed by atoms with Gasteiger partial charge in [0.1, 0.15) is 12.7 Å². The van der Waals surface area contributed by atoms with Crippen LogP contribution in [0.4, 0.5) is 0 Å². The number of ether oxygens (including phenoxy) is 1. The Morgan fingerprint density at radius 2 is 1.10 bits per heavy atom. The van der Waals surface area contributed by atoms with Crippen LogP contribution in [0.2, 0.25) is 0 Å². The molecule has 42 heavy (non-hydrogen) atoms. The molecule has 0 spiro atoms. The quantitative estimate of drug-likeness (QED) is 0.0397. The maximum atomic E-state index is 12.2. The molecule has 0 aliphatic carbocycles. The van der Waals surface area contributed by atoms with E-state index in [0.29, 0.717) is 12.8 Å². The summed E-state index contributed by atoms with van der Waals surface area (Å²) in [5, 5.41) is 21.5. The number of rotatable bonds is 30. The number of amides is 1. The highest BCUT2D eigenvalue weighted by Gasteiger charge is 2.28. The van der Waals surface area contributed by atoms with Gasteiger partial charge in [-0.1, -0.05) is 117 Å². The molecule has 248 valence electrons. The van der Waals surface area contributed by atoms with Crippen molar-refractivity contribution in [1.82, 2.24) is 5.32 Å². The lowest BCUT2D eigenvalue weighted by atomic mass is 10.1. The lowest BCUT2D eigenvalue weighted by Gasteiger charge is -2.18. The van der Waals surface area contributed by atoms with Gasteiger partial charge >= 0.3 is 19.8 Å². The van der Waals surface area contributed by atoms with Crippen molar-refractivity contribution in [1.29, 1.82) is 0 Å². The molecular formula is C30H58NO10P. The van der Waals surface area contributed by atoms with Gasteiger partial charge in [-0.3, -0.25) is 18.6 Å². The fourth-order valence-electron chi connectivity index (χ4n) is 4.31. The number of carbonyl (C=O) groups is 3. The molecule has 0 bridgehead atoms. The molecule has 0 aromatic carbocycles. The van der Waals surface area contributed by atoms with E-state index >= 15 is 0 Å². The number of phosphoric ester groups is 1. The van der Waals surface area contributed by atoms with E-state index in [0.717, 1.165) is 38.5 Å². The molecule has 0 aliphatic rings. The molecule has 0 aliphatic heterocycles. The fourth-order valence-corrected chi connectivity index (χ4v) is 5.09. The molecule has 0 radical (unpaired) electrons. The van der Waals surface area contributed by atoms with Gasteiger partial charge in [0.25, 0.3) is 0 Å². The number of hydrogen-bond acceptors (Lipinski definition) is 8. The normalized spacial score (nSPS) is 14.2. The van der Waals surface area contributed by atoms with Crippen LogP contribution in [0.1, 0.15) is 142 Å². The third-order valence-corrected chi connectivity index (χ3v) is 7.85. The van der Waals surface area contributed by atoms with Gasteiger partial charge in [-0.25, -0.2) is 9.36 Å². The van der Waals surface area contributed by atoms with E-state index < -0.39 is 57.6 Å². The number of unbranched alkanes of at least 4 members (excludes halogenated alkanes) is 16. The van der Waals surface area contributed by atoms with Crippen molar-refractivity contribution in [3.63, 3.8) is 0 Å². The minimum Gasteiger partial charge on any atom is -0.480 e. The second-order valence-corrected chi connectivity index (χ2v) is 12.5. The summed E-state index contributed by atoms with van der Waals surface area (Å²) in [6.45, 7) is 2.48. The third kappa shape index (κ3) is 26.1. The predicted octanol–water partition coefficient (Wildman–Crippen LogP) is 6.44. The Morgan fingerprint density at radius 3 is 1.57 bits per heavy atom. The molecule has 0 rings (SSSR count). The highest BCUT2D eigenvalue weighted by molar-refractivity contribution is 7.47. The molecule has 0 heterocycles. The summed E-state index contributed by atoms with van der Waals surface area (Å²) in [5.74, 6) is -2.38. The maximum absolute atomic E-state index is 12.2. The SMILES string of the molecule is CCCCCCCCCCCCCC(=O)NC(COP(=O)(O)OCC(O)COC(=O)CCCCCCCCC)C(=O)O. The number of aliphatic hydroxyl groups is 1. The molecule has 3 unspecified atom stereocenters. The first-order valence-electron chi connectivity index (χ1n) is 16.1. The number of aliphatic carboxylic acids is 1. The number of phosphoric acid groups is 1. The fraction of sp³-hybridized carbons (Fsp3) is 0.900. The summed E-state index contributed by atoms with van der Waals surface area (Å²) in [6.07, 6.45) is 18.8. The first-order valence-corrected chi connectivity index (χ1v) is 17.6. The van der Waals surface area contributed by atoms with Crippen molar-refractivity contribution < 1.29 is 47.8 Å². The molecule has 0 saturated heterocycles. The lowest BCUT2D eigenvalue weighted by molar-refractivity contribution is -0.147. The van der Waals surface area contributed by atoms with E-state index in [2.05, 4.69) is 23.7 Å².